The number of amides is 1. The summed E-state index contributed by atoms with van der Waals surface area (Å²) in [6.45, 7) is 2.55. The Balaban J connectivity index is 2.44. The molecule has 0 aromatic heterocycles. The molecule has 0 saturated heterocycles. The van der Waals surface area contributed by atoms with Crippen molar-refractivity contribution in [1.29, 1.82) is 0 Å². The molecule has 0 bridgehead atoms. The van der Waals surface area contributed by atoms with Crippen LogP contribution in [0.25, 0.3) is 0 Å². The van der Waals surface area contributed by atoms with Crippen LogP contribution in [0.1, 0.15) is 5.56 Å². The second-order valence-electron chi connectivity index (χ2n) is 2.92. The lowest BCUT2D eigenvalue weighted by Crippen LogP contribution is -2.18. The van der Waals surface area contributed by atoms with Crippen molar-refractivity contribution in [2.45, 2.75) is 6.92 Å². The predicted molar refractivity (Wildman–Crippen MR) is 55.2 cm³/mol. The number of hydrogen-bond acceptors (Lipinski definition) is 3. The molecule has 1 amide bonds. The van der Waals surface area contributed by atoms with Crippen LogP contribution in [0.15, 0.2) is 24.3 Å². The van der Waals surface area contributed by atoms with Crippen molar-refractivity contribution >= 4 is 11.8 Å². The maximum Gasteiger partial charge on any atom is 0.411 e. The highest BCUT2D eigenvalue weighted by molar-refractivity contribution is 5.84. The zero-order chi connectivity index (χ0) is 10.4. The maximum atomic E-state index is 11.1. The number of rotatable bonds is 3. The molecular formula is C10H14N2O2. The van der Waals surface area contributed by atoms with Gasteiger partial charge in [0.25, 0.3) is 0 Å². The third-order valence-corrected chi connectivity index (χ3v) is 1.65. The molecule has 0 aliphatic rings. The van der Waals surface area contributed by atoms with Crippen molar-refractivity contribution in [3.8, 4) is 0 Å². The van der Waals surface area contributed by atoms with Gasteiger partial charge in [-0.1, -0.05) is 17.7 Å². The summed E-state index contributed by atoms with van der Waals surface area (Å²) in [5.41, 5.74) is 7.05. The summed E-state index contributed by atoms with van der Waals surface area (Å²) in [6.07, 6.45) is -0.473. The van der Waals surface area contributed by atoms with E-state index in [2.05, 4.69) is 5.32 Å². The average Bonchev–Trinajstić information content (AvgIpc) is 2.18. The molecule has 1 aromatic rings. The molecule has 1 aromatic carbocycles. The standard InChI is InChI=1S/C10H14N2O2/c1-8-2-4-9(5-3-8)12-10(13)14-7-6-11/h2-5H,6-7,11H2,1H3,(H,12,13). The fourth-order valence-corrected chi connectivity index (χ4v) is 0.942. The molecule has 0 saturated carbocycles. The molecule has 0 heterocycles. The van der Waals surface area contributed by atoms with Gasteiger partial charge in [0, 0.05) is 12.2 Å². The van der Waals surface area contributed by atoms with Gasteiger partial charge in [0.2, 0.25) is 0 Å². The largest absolute Gasteiger partial charge is 0.448 e. The molecule has 0 spiro atoms. The van der Waals surface area contributed by atoms with E-state index < -0.39 is 6.09 Å². The third-order valence-electron chi connectivity index (χ3n) is 1.65. The van der Waals surface area contributed by atoms with E-state index in [-0.39, 0.29) is 6.61 Å². The van der Waals surface area contributed by atoms with Gasteiger partial charge < -0.3 is 10.5 Å². The Labute approximate surface area is 83.1 Å². The summed E-state index contributed by atoms with van der Waals surface area (Å²) in [6, 6.07) is 7.47. The highest BCUT2D eigenvalue weighted by atomic mass is 16.5. The van der Waals surface area contributed by atoms with Gasteiger partial charge >= 0.3 is 6.09 Å². The minimum absolute atomic E-state index is 0.234. The number of aryl methyl sites for hydroxylation is 1. The van der Waals surface area contributed by atoms with Crippen LogP contribution < -0.4 is 11.1 Å². The monoisotopic (exact) mass is 194 g/mol. The summed E-state index contributed by atoms with van der Waals surface area (Å²) in [4.78, 5) is 11.1. The second kappa shape index (κ2) is 5.24. The van der Waals surface area contributed by atoms with Crippen LogP contribution in [-0.4, -0.2) is 19.2 Å². The molecular weight excluding hydrogens is 180 g/mol. The van der Waals surface area contributed by atoms with Crippen LogP contribution >= 0.6 is 0 Å². The minimum Gasteiger partial charge on any atom is -0.448 e. The number of nitrogens with one attached hydrogen (secondary N) is 1. The summed E-state index contributed by atoms with van der Waals surface area (Å²) in [5.74, 6) is 0. The van der Waals surface area contributed by atoms with Crippen molar-refractivity contribution in [3.05, 3.63) is 29.8 Å². The second-order valence-corrected chi connectivity index (χ2v) is 2.92. The summed E-state index contributed by atoms with van der Waals surface area (Å²) >= 11 is 0. The van der Waals surface area contributed by atoms with E-state index in [1.807, 2.05) is 31.2 Å². The molecule has 14 heavy (non-hydrogen) atoms. The summed E-state index contributed by atoms with van der Waals surface area (Å²) in [7, 11) is 0. The van der Waals surface area contributed by atoms with Gasteiger partial charge in [0.15, 0.2) is 0 Å². The Hall–Kier alpha value is -1.55. The van der Waals surface area contributed by atoms with Crippen LogP contribution in [0.3, 0.4) is 0 Å². The van der Waals surface area contributed by atoms with Gasteiger partial charge in [-0.25, -0.2) is 4.79 Å². The van der Waals surface area contributed by atoms with Gasteiger partial charge in [-0.2, -0.15) is 0 Å². The molecule has 1 rings (SSSR count). The van der Waals surface area contributed by atoms with Crippen molar-refractivity contribution in [1.82, 2.24) is 0 Å². The van der Waals surface area contributed by atoms with E-state index >= 15 is 0 Å². The maximum absolute atomic E-state index is 11.1. The highest BCUT2D eigenvalue weighted by Gasteiger charge is 2.00. The molecule has 0 radical (unpaired) electrons. The van der Waals surface area contributed by atoms with Crippen LogP contribution in [0, 0.1) is 6.92 Å². The lowest BCUT2D eigenvalue weighted by Gasteiger charge is -2.05. The van der Waals surface area contributed by atoms with Crippen LogP contribution in [0.5, 0.6) is 0 Å². The first-order valence-electron chi connectivity index (χ1n) is 4.43. The molecule has 0 fully saturated rings. The molecule has 76 valence electrons. The Kier molecular flexibility index (Phi) is 3.94. The van der Waals surface area contributed by atoms with Crippen LogP contribution in [0.4, 0.5) is 10.5 Å². The van der Waals surface area contributed by atoms with Crippen LogP contribution in [-0.2, 0) is 4.74 Å². The van der Waals surface area contributed by atoms with Gasteiger partial charge in [0.05, 0.1) is 0 Å². The number of ether oxygens (including phenoxy) is 1. The Morgan fingerprint density at radius 3 is 2.64 bits per heavy atom. The van der Waals surface area contributed by atoms with E-state index in [0.29, 0.717) is 6.54 Å². The number of nitrogens with two attached hydrogens (primary N) is 1. The Morgan fingerprint density at radius 1 is 1.43 bits per heavy atom. The SMILES string of the molecule is Cc1ccc(NC(=O)OCCN)cc1. The molecule has 4 nitrogen and oxygen atoms in total. The molecule has 0 unspecified atom stereocenters. The topological polar surface area (TPSA) is 64.3 Å². The molecule has 0 atom stereocenters. The zero-order valence-corrected chi connectivity index (χ0v) is 8.12. The van der Waals surface area contributed by atoms with Gasteiger partial charge in [-0.15, -0.1) is 0 Å². The first kappa shape index (κ1) is 10.5. The first-order chi connectivity index (χ1) is 6.72. The quantitative estimate of drug-likeness (QED) is 0.766. The van der Waals surface area contributed by atoms with Crippen molar-refractivity contribution in [2.75, 3.05) is 18.5 Å². The normalized spacial score (nSPS) is 9.57. The number of carbonyl (C=O) groups excluding carboxylic acids is 1. The third kappa shape index (κ3) is 3.45. The lowest BCUT2D eigenvalue weighted by molar-refractivity contribution is 0.165. The number of anilines is 1. The van der Waals surface area contributed by atoms with E-state index in [1.165, 1.54) is 0 Å². The molecule has 0 aliphatic heterocycles. The Morgan fingerprint density at radius 2 is 2.07 bits per heavy atom. The average molecular weight is 194 g/mol. The number of carbonyl (C=O) groups is 1. The number of hydrogen-bond donors (Lipinski definition) is 2. The van der Waals surface area contributed by atoms with Crippen molar-refractivity contribution < 1.29 is 9.53 Å². The first-order valence-corrected chi connectivity index (χ1v) is 4.43. The predicted octanol–water partition coefficient (Wildman–Crippen LogP) is 1.50. The fraction of sp³-hybridized carbons (Fsp3) is 0.300. The van der Waals surface area contributed by atoms with Gasteiger partial charge in [-0.3, -0.25) is 5.32 Å². The smallest absolute Gasteiger partial charge is 0.411 e. The minimum atomic E-state index is -0.473. The summed E-state index contributed by atoms with van der Waals surface area (Å²) < 4.78 is 4.75. The van der Waals surface area contributed by atoms with E-state index in [4.69, 9.17) is 10.5 Å². The van der Waals surface area contributed by atoms with Crippen molar-refractivity contribution in [3.63, 3.8) is 0 Å². The highest BCUT2D eigenvalue weighted by Crippen LogP contribution is 2.08. The van der Waals surface area contributed by atoms with Crippen molar-refractivity contribution in [2.24, 2.45) is 5.73 Å². The number of benzene rings is 1. The van der Waals surface area contributed by atoms with Crippen LogP contribution in [0.2, 0.25) is 0 Å². The fourth-order valence-electron chi connectivity index (χ4n) is 0.942. The lowest BCUT2D eigenvalue weighted by atomic mass is 10.2. The molecule has 3 N–H and O–H groups in total. The van der Waals surface area contributed by atoms with Gasteiger partial charge in [0.1, 0.15) is 6.61 Å². The van der Waals surface area contributed by atoms with E-state index in [0.717, 1.165) is 11.3 Å². The van der Waals surface area contributed by atoms with Gasteiger partial charge in [-0.05, 0) is 19.1 Å². The molecule has 0 aliphatic carbocycles. The van der Waals surface area contributed by atoms with E-state index in [1.54, 1.807) is 0 Å². The van der Waals surface area contributed by atoms with E-state index in [9.17, 15) is 4.79 Å². The summed E-state index contributed by atoms with van der Waals surface area (Å²) in [5, 5.41) is 2.59. The Bertz CT molecular complexity index is 295. The zero-order valence-electron chi connectivity index (χ0n) is 8.12. The molecule has 4 heteroatoms.